The topological polar surface area (TPSA) is 65.5 Å². The van der Waals surface area contributed by atoms with Gasteiger partial charge in [0.15, 0.2) is 11.4 Å². The fourth-order valence-corrected chi connectivity index (χ4v) is 2.26. The molecule has 0 saturated heterocycles. The number of hydrogen-bond acceptors (Lipinski definition) is 5. The van der Waals surface area contributed by atoms with Gasteiger partial charge >= 0.3 is 0 Å². The second kappa shape index (κ2) is 4.59. The molecule has 0 atom stereocenters. The molecule has 0 aromatic carbocycles. The molecule has 0 aliphatic heterocycles. The van der Waals surface area contributed by atoms with Gasteiger partial charge in [-0.15, -0.1) is 0 Å². The van der Waals surface area contributed by atoms with Crippen molar-refractivity contribution < 1.29 is 9.15 Å². The van der Waals surface area contributed by atoms with Crippen LogP contribution in [0.3, 0.4) is 0 Å². The standard InChI is InChI=1S/C15H12N4O2/c1-2-20-15-10-9-13(21-12(10)5-6-17-15)11-3-4-14-16-7-8-19(14)18-11/h3-9H,2H2,1H3. The molecule has 104 valence electrons. The predicted octanol–water partition coefficient (Wildman–Crippen LogP) is 2.94. The van der Waals surface area contributed by atoms with E-state index in [-0.39, 0.29) is 0 Å². The molecule has 6 heteroatoms. The fourth-order valence-electron chi connectivity index (χ4n) is 2.26. The molecular weight excluding hydrogens is 268 g/mol. The summed E-state index contributed by atoms with van der Waals surface area (Å²) >= 11 is 0. The largest absolute Gasteiger partial charge is 0.477 e. The van der Waals surface area contributed by atoms with Crippen LogP contribution in [0.15, 0.2) is 47.3 Å². The molecule has 6 nitrogen and oxygen atoms in total. The first-order valence-corrected chi connectivity index (χ1v) is 6.67. The molecule has 4 aromatic heterocycles. The van der Waals surface area contributed by atoms with Crippen LogP contribution in [-0.4, -0.2) is 26.2 Å². The number of furan rings is 1. The van der Waals surface area contributed by atoms with Crippen molar-refractivity contribution in [3.05, 3.63) is 42.9 Å². The lowest BCUT2D eigenvalue weighted by Crippen LogP contribution is -1.93. The number of ether oxygens (including phenoxy) is 1. The van der Waals surface area contributed by atoms with Gasteiger partial charge < -0.3 is 9.15 Å². The maximum absolute atomic E-state index is 5.85. The van der Waals surface area contributed by atoms with Crippen LogP contribution in [0.25, 0.3) is 28.1 Å². The summed E-state index contributed by atoms with van der Waals surface area (Å²) in [6.45, 7) is 2.49. The van der Waals surface area contributed by atoms with E-state index < -0.39 is 0 Å². The first kappa shape index (κ1) is 11.9. The van der Waals surface area contributed by atoms with Crippen LogP contribution < -0.4 is 4.74 Å². The van der Waals surface area contributed by atoms with Crippen molar-refractivity contribution in [2.45, 2.75) is 6.92 Å². The molecule has 21 heavy (non-hydrogen) atoms. The van der Waals surface area contributed by atoms with Crippen molar-refractivity contribution in [3.8, 4) is 17.3 Å². The number of fused-ring (bicyclic) bond motifs is 2. The van der Waals surface area contributed by atoms with Crippen LogP contribution in [0.4, 0.5) is 0 Å². The van der Waals surface area contributed by atoms with Gasteiger partial charge in [0.1, 0.15) is 11.3 Å². The second-order valence-electron chi connectivity index (χ2n) is 4.52. The average molecular weight is 280 g/mol. The summed E-state index contributed by atoms with van der Waals surface area (Å²) in [5.41, 5.74) is 2.27. The normalized spacial score (nSPS) is 11.3. The van der Waals surface area contributed by atoms with Crippen molar-refractivity contribution >= 4 is 16.6 Å². The van der Waals surface area contributed by atoms with Crippen molar-refractivity contribution in [1.29, 1.82) is 0 Å². The number of pyridine rings is 1. The molecule has 0 N–H and O–H groups in total. The smallest absolute Gasteiger partial charge is 0.224 e. The van der Waals surface area contributed by atoms with Gasteiger partial charge in [-0.2, -0.15) is 5.10 Å². The zero-order valence-corrected chi connectivity index (χ0v) is 11.4. The molecule has 4 rings (SSSR count). The molecule has 0 unspecified atom stereocenters. The Kier molecular flexibility index (Phi) is 2.60. The molecule has 0 aliphatic carbocycles. The third-order valence-electron chi connectivity index (χ3n) is 3.20. The Balaban J connectivity index is 1.87. The Morgan fingerprint density at radius 1 is 1.19 bits per heavy atom. The average Bonchev–Trinajstić information content (AvgIpc) is 3.13. The van der Waals surface area contributed by atoms with Crippen LogP contribution in [0, 0.1) is 0 Å². The number of hydrogen-bond donors (Lipinski definition) is 0. The van der Waals surface area contributed by atoms with Gasteiger partial charge in [0.25, 0.3) is 0 Å². The summed E-state index contributed by atoms with van der Waals surface area (Å²) in [6, 6.07) is 7.50. The SMILES string of the molecule is CCOc1nccc2oc(-c3ccc4nccn4n3)cc12. The Morgan fingerprint density at radius 3 is 3.05 bits per heavy atom. The summed E-state index contributed by atoms with van der Waals surface area (Å²) in [6.07, 6.45) is 5.18. The molecule has 0 amide bonds. The molecule has 0 fully saturated rings. The van der Waals surface area contributed by atoms with E-state index in [1.54, 1.807) is 23.1 Å². The first-order chi connectivity index (χ1) is 10.3. The third kappa shape index (κ3) is 1.92. The summed E-state index contributed by atoms with van der Waals surface area (Å²) < 4.78 is 13.1. The zero-order valence-electron chi connectivity index (χ0n) is 11.4. The molecular formula is C15H12N4O2. The molecule has 4 aromatic rings. The molecule has 0 radical (unpaired) electrons. The van der Waals surface area contributed by atoms with Gasteiger partial charge in [0, 0.05) is 24.7 Å². The monoisotopic (exact) mass is 280 g/mol. The Morgan fingerprint density at radius 2 is 2.14 bits per heavy atom. The lowest BCUT2D eigenvalue weighted by Gasteiger charge is -2.00. The number of rotatable bonds is 3. The van der Waals surface area contributed by atoms with Crippen LogP contribution in [0.5, 0.6) is 5.88 Å². The molecule has 0 bridgehead atoms. The molecule has 0 aliphatic rings. The van der Waals surface area contributed by atoms with Crippen molar-refractivity contribution in [1.82, 2.24) is 19.6 Å². The first-order valence-electron chi connectivity index (χ1n) is 6.67. The van der Waals surface area contributed by atoms with Gasteiger partial charge in [0.05, 0.1) is 12.0 Å². The fraction of sp³-hybridized carbons (Fsp3) is 0.133. The highest BCUT2D eigenvalue weighted by atomic mass is 16.5. The number of imidazole rings is 1. The minimum Gasteiger partial charge on any atom is -0.477 e. The third-order valence-corrected chi connectivity index (χ3v) is 3.20. The van der Waals surface area contributed by atoms with Gasteiger partial charge in [-0.1, -0.05) is 0 Å². The summed E-state index contributed by atoms with van der Waals surface area (Å²) in [4.78, 5) is 8.40. The number of nitrogens with zero attached hydrogens (tertiary/aromatic N) is 4. The Hall–Kier alpha value is -2.89. The van der Waals surface area contributed by atoms with E-state index in [0.717, 1.165) is 22.3 Å². The summed E-state index contributed by atoms with van der Waals surface area (Å²) in [5, 5.41) is 5.32. The maximum atomic E-state index is 5.85. The predicted molar refractivity (Wildman–Crippen MR) is 77.2 cm³/mol. The highest BCUT2D eigenvalue weighted by Crippen LogP contribution is 2.31. The Labute approximate surface area is 120 Å². The lowest BCUT2D eigenvalue weighted by atomic mass is 10.2. The van der Waals surface area contributed by atoms with Gasteiger partial charge in [-0.05, 0) is 25.1 Å². The van der Waals surface area contributed by atoms with Crippen molar-refractivity contribution in [2.75, 3.05) is 6.61 Å². The van der Waals surface area contributed by atoms with E-state index in [1.165, 1.54) is 0 Å². The molecule has 4 heterocycles. The van der Waals surface area contributed by atoms with E-state index in [1.807, 2.05) is 31.2 Å². The van der Waals surface area contributed by atoms with E-state index in [9.17, 15) is 0 Å². The summed E-state index contributed by atoms with van der Waals surface area (Å²) in [5.74, 6) is 1.25. The minimum atomic E-state index is 0.561. The van der Waals surface area contributed by atoms with Crippen LogP contribution in [0.2, 0.25) is 0 Å². The highest BCUT2D eigenvalue weighted by Gasteiger charge is 2.12. The second-order valence-corrected chi connectivity index (χ2v) is 4.52. The van der Waals surface area contributed by atoms with E-state index >= 15 is 0 Å². The Bertz CT molecular complexity index is 926. The number of aromatic nitrogens is 4. The van der Waals surface area contributed by atoms with Gasteiger partial charge in [-0.25, -0.2) is 14.5 Å². The molecule has 0 saturated carbocycles. The van der Waals surface area contributed by atoms with Crippen molar-refractivity contribution in [2.24, 2.45) is 0 Å². The minimum absolute atomic E-state index is 0.561. The van der Waals surface area contributed by atoms with Crippen LogP contribution >= 0.6 is 0 Å². The van der Waals surface area contributed by atoms with E-state index in [2.05, 4.69) is 15.1 Å². The highest BCUT2D eigenvalue weighted by molar-refractivity contribution is 5.86. The summed E-state index contributed by atoms with van der Waals surface area (Å²) in [7, 11) is 0. The zero-order chi connectivity index (χ0) is 14.2. The maximum Gasteiger partial charge on any atom is 0.224 e. The van der Waals surface area contributed by atoms with Crippen LogP contribution in [-0.2, 0) is 0 Å². The van der Waals surface area contributed by atoms with Gasteiger partial charge in [0.2, 0.25) is 5.88 Å². The molecule has 0 spiro atoms. The van der Waals surface area contributed by atoms with E-state index in [4.69, 9.17) is 9.15 Å². The lowest BCUT2D eigenvalue weighted by molar-refractivity contribution is 0.331. The van der Waals surface area contributed by atoms with Crippen LogP contribution in [0.1, 0.15) is 6.92 Å². The van der Waals surface area contributed by atoms with E-state index in [0.29, 0.717) is 18.2 Å². The van der Waals surface area contributed by atoms with Crippen molar-refractivity contribution in [3.63, 3.8) is 0 Å². The quantitative estimate of drug-likeness (QED) is 0.577. The van der Waals surface area contributed by atoms with Gasteiger partial charge in [-0.3, -0.25) is 0 Å².